The lowest BCUT2D eigenvalue weighted by Crippen LogP contribution is -2.35. The van der Waals surface area contributed by atoms with Crippen LogP contribution in [0, 0.1) is 0 Å². The molecule has 8 nitrogen and oxygen atoms in total. The van der Waals surface area contributed by atoms with Gasteiger partial charge < -0.3 is 4.84 Å². The molecule has 1 aromatic carbocycles. The van der Waals surface area contributed by atoms with Crippen LogP contribution in [0.2, 0.25) is 0 Å². The van der Waals surface area contributed by atoms with Gasteiger partial charge in [0, 0.05) is 0 Å². The topological polar surface area (TPSA) is 109 Å². The molecule has 1 aliphatic heterocycles. The van der Waals surface area contributed by atoms with Crippen LogP contribution in [0.15, 0.2) is 29.1 Å². The van der Waals surface area contributed by atoms with Crippen LogP contribution in [0.5, 0.6) is 0 Å². The van der Waals surface area contributed by atoms with Crippen LogP contribution in [0.3, 0.4) is 0 Å². The Balaban J connectivity index is 1.68. The zero-order chi connectivity index (χ0) is 16.8. The number of carbonyl (C=O) groups is 3. The van der Waals surface area contributed by atoms with E-state index in [4.69, 9.17) is 4.84 Å². The van der Waals surface area contributed by atoms with E-state index in [1.165, 1.54) is 12.1 Å². The Kier molecular flexibility index (Phi) is 3.05. The molecule has 2 amide bonds. The number of hydroxylamine groups is 2. The van der Waals surface area contributed by atoms with Crippen LogP contribution in [0.25, 0.3) is 0 Å². The smallest absolute Gasteiger partial charge is 0.324 e. The average molecular weight is 325 g/mol. The van der Waals surface area contributed by atoms with Gasteiger partial charge in [-0.3, -0.25) is 14.4 Å². The monoisotopic (exact) mass is 325 g/mol. The first kappa shape index (κ1) is 14.3. The summed E-state index contributed by atoms with van der Waals surface area (Å²) < 4.78 is 0. The predicted molar refractivity (Wildman–Crippen MR) is 79.2 cm³/mol. The highest BCUT2D eigenvalue weighted by molar-refractivity contribution is 6.21. The van der Waals surface area contributed by atoms with Crippen molar-refractivity contribution in [1.29, 1.82) is 0 Å². The number of benzene rings is 1. The Bertz CT molecular complexity index is 927. The van der Waals surface area contributed by atoms with E-state index in [1.807, 2.05) is 0 Å². The first-order valence-electron chi connectivity index (χ1n) is 7.38. The second kappa shape index (κ2) is 5.12. The number of amides is 2. The van der Waals surface area contributed by atoms with Crippen molar-refractivity contribution in [2.24, 2.45) is 0 Å². The lowest BCUT2D eigenvalue weighted by molar-refractivity contribution is -0.0586. The second-order valence-electron chi connectivity index (χ2n) is 5.54. The largest absolute Gasteiger partial charge is 0.369 e. The minimum absolute atomic E-state index is 0.157. The van der Waals surface area contributed by atoms with Crippen molar-refractivity contribution in [3.05, 3.63) is 62.6 Å². The summed E-state index contributed by atoms with van der Waals surface area (Å²) in [5.41, 5.74) is 0.559. The van der Waals surface area contributed by atoms with Crippen molar-refractivity contribution >= 4 is 17.8 Å². The first-order chi connectivity index (χ1) is 11.6. The Morgan fingerprint density at radius 2 is 1.75 bits per heavy atom. The number of aryl methyl sites for hydroxylation is 1. The molecule has 0 bridgehead atoms. The highest BCUT2D eigenvalue weighted by Gasteiger charge is 2.39. The van der Waals surface area contributed by atoms with E-state index in [9.17, 15) is 19.2 Å². The Labute approximate surface area is 135 Å². The summed E-state index contributed by atoms with van der Waals surface area (Å²) in [6.45, 7) is 0. The number of H-pyrrole nitrogens is 1. The minimum atomic E-state index is -1.04. The van der Waals surface area contributed by atoms with Crippen molar-refractivity contribution in [2.75, 3.05) is 0 Å². The molecule has 0 spiro atoms. The number of aromatic amines is 1. The van der Waals surface area contributed by atoms with Crippen LogP contribution in [-0.4, -0.2) is 33.0 Å². The van der Waals surface area contributed by atoms with Gasteiger partial charge in [-0.15, -0.1) is 0 Å². The molecule has 120 valence electrons. The van der Waals surface area contributed by atoms with Gasteiger partial charge >= 0.3 is 5.97 Å². The van der Waals surface area contributed by atoms with Gasteiger partial charge in [-0.1, -0.05) is 17.2 Å². The molecule has 2 aliphatic rings. The summed E-state index contributed by atoms with van der Waals surface area (Å²) in [5.74, 6) is -2.50. The van der Waals surface area contributed by atoms with Gasteiger partial charge in [-0.05, 0) is 37.0 Å². The zero-order valence-corrected chi connectivity index (χ0v) is 12.4. The molecule has 0 fully saturated rings. The van der Waals surface area contributed by atoms with Crippen molar-refractivity contribution in [3.8, 4) is 0 Å². The van der Waals surface area contributed by atoms with Crippen LogP contribution in [0.4, 0.5) is 0 Å². The fourth-order valence-electron chi connectivity index (χ4n) is 3.03. The van der Waals surface area contributed by atoms with Crippen molar-refractivity contribution in [2.45, 2.75) is 19.3 Å². The summed E-state index contributed by atoms with van der Waals surface area (Å²) >= 11 is 0. The summed E-state index contributed by atoms with van der Waals surface area (Å²) in [6, 6.07) is 6.16. The SMILES string of the molecule is O=C(ON1C(=O)c2ccccc2C1=O)c1c2c(n[nH]c1=O)CCC2. The van der Waals surface area contributed by atoms with Gasteiger partial charge in [-0.25, -0.2) is 9.89 Å². The molecule has 2 heterocycles. The normalized spacial score (nSPS) is 15.4. The maximum absolute atomic E-state index is 12.4. The molecule has 8 heteroatoms. The Hall–Kier alpha value is -3.29. The number of aromatic nitrogens is 2. The molecule has 24 heavy (non-hydrogen) atoms. The molecule has 0 saturated heterocycles. The number of rotatable bonds is 2. The molecule has 0 atom stereocenters. The number of fused-ring (bicyclic) bond motifs is 2. The van der Waals surface area contributed by atoms with E-state index < -0.39 is 23.3 Å². The molecule has 1 aliphatic carbocycles. The quantitative estimate of drug-likeness (QED) is 0.811. The Morgan fingerprint density at radius 3 is 2.42 bits per heavy atom. The van der Waals surface area contributed by atoms with Gasteiger partial charge in [0.1, 0.15) is 5.56 Å². The molecule has 1 N–H and O–H groups in total. The van der Waals surface area contributed by atoms with Crippen LogP contribution >= 0.6 is 0 Å². The Morgan fingerprint density at radius 1 is 1.08 bits per heavy atom. The molecule has 2 aromatic rings. The molecule has 4 rings (SSSR count). The van der Waals surface area contributed by atoms with E-state index in [0.29, 0.717) is 29.2 Å². The average Bonchev–Trinajstić information content (AvgIpc) is 3.14. The van der Waals surface area contributed by atoms with Crippen LogP contribution in [0.1, 0.15) is 48.8 Å². The minimum Gasteiger partial charge on any atom is -0.324 e. The lowest BCUT2D eigenvalue weighted by Gasteiger charge is -2.13. The maximum atomic E-state index is 12.4. The summed E-state index contributed by atoms with van der Waals surface area (Å²) in [7, 11) is 0. The molecule has 0 unspecified atom stereocenters. The lowest BCUT2D eigenvalue weighted by atomic mass is 10.1. The number of nitrogens with zero attached hydrogens (tertiary/aromatic N) is 2. The fraction of sp³-hybridized carbons (Fsp3) is 0.188. The van der Waals surface area contributed by atoms with Gasteiger partial charge in [0.25, 0.3) is 17.4 Å². The standard InChI is InChI=1S/C16H11N3O5/c20-13-12(10-6-3-7-11(10)17-18-13)16(23)24-19-14(21)8-4-1-2-5-9(8)15(19)22/h1-2,4-5H,3,6-7H2,(H,18,20). The van der Waals surface area contributed by atoms with E-state index in [-0.39, 0.29) is 16.7 Å². The molecular formula is C16H11N3O5. The second-order valence-corrected chi connectivity index (χ2v) is 5.54. The zero-order valence-electron chi connectivity index (χ0n) is 12.4. The third-order valence-electron chi connectivity index (χ3n) is 4.15. The first-order valence-corrected chi connectivity index (χ1v) is 7.38. The highest BCUT2D eigenvalue weighted by Crippen LogP contribution is 2.25. The van der Waals surface area contributed by atoms with Crippen molar-refractivity contribution in [3.63, 3.8) is 0 Å². The van der Waals surface area contributed by atoms with Crippen molar-refractivity contribution < 1.29 is 19.2 Å². The van der Waals surface area contributed by atoms with Crippen LogP contribution in [-0.2, 0) is 17.7 Å². The van der Waals surface area contributed by atoms with Crippen LogP contribution < -0.4 is 5.56 Å². The fourth-order valence-corrected chi connectivity index (χ4v) is 3.03. The molecule has 1 aromatic heterocycles. The van der Waals surface area contributed by atoms with E-state index >= 15 is 0 Å². The van der Waals surface area contributed by atoms with Gasteiger partial charge in [-0.2, -0.15) is 5.10 Å². The maximum Gasteiger partial charge on any atom is 0.369 e. The van der Waals surface area contributed by atoms with E-state index in [0.717, 1.165) is 6.42 Å². The summed E-state index contributed by atoms with van der Waals surface area (Å²) in [5, 5.41) is 6.55. The number of imide groups is 1. The predicted octanol–water partition coefficient (Wildman–Crippen LogP) is 0.627. The molecule has 0 saturated carbocycles. The third-order valence-corrected chi connectivity index (χ3v) is 4.15. The summed E-state index contributed by atoms with van der Waals surface area (Å²) in [4.78, 5) is 53.8. The number of nitrogens with one attached hydrogen (secondary N) is 1. The van der Waals surface area contributed by atoms with Crippen molar-refractivity contribution in [1.82, 2.24) is 15.3 Å². The van der Waals surface area contributed by atoms with Gasteiger partial charge in [0.2, 0.25) is 0 Å². The van der Waals surface area contributed by atoms with Gasteiger partial charge in [0.15, 0.2) is 0 Å². The number of hydrogen-bond donors (Lipinski definition) is 1. The highest BCUT2D eigenvalue weighted by atomic mass is 16.7. The third kappa shape index (κ3) is 1.96. The number of hydrogen-bond acceptors (Lipinski definition) is 6. The molecular weight excluding hydrogens is 314 g/mol. The van der Waals surface area contributed by atoms with E-state index in [1.54, 1.807) is 12.1 Å². The van der Waals surface area contributed by atoms with Gasteiger partial charge in [0.05, 0.1) is 16.8 Å². The summed E-state index contributed by atoms with van der Waals surface area (Å²) in [6.07, 6.45) is 1.95. The van der Waals surface area contributed by atoms with E-state index in [2.05, 4.69) is 10.2 Å². The molecule has 0 radical (unpaired) electrons. The number of carbonyl (C=O) groups excluding carboxylic acids is 3.